The molecule has 0 radical (unpaired) electrons. The lowest BCUT2D eigenvalue weighted by Crippen LogP contribution is -2.44. The Morgan fingerprint density at radius 2 is 1.88 bits per heavy atom. The summed E-state index contributed by atoms with van der Waals surface area (Å²) in [7, 11) is 0. The van der Waals surface area contributed by atoms with E-state index < -0.39 is 6.10 Å². The maximum absolute atomic E-state index is 12.6. The van der Waals surface area contributed by atoms with E-state index in [1.54, 1.807) is 25.1 Å². The highest BCUT2D eigenvalue weighted by atomic mass is 16.5. The Kier molecular flexibility index (Phi) is 3.92. The third-order valence-electron chi connectivity index (χ3n) is 4.93. The first-order chi connectivity index (χ1) is 12.1. The number of anilines is 1. The van der Waals surface area contributed by atoms with Crippen LogP contribution in [0.3, 0.4) is 0 Å². The molecular weight excluding hydrogens is 316 g/mol. The van der Waals surface area contributed by atoms with Gasteiger partial charge in [0.05, 0.1) is 11.3 Å². The van der Waals surface area contributed by atoms with Crippen molar-refractivity contribution in [1.82, 2.24) is 5.32 Å². The number of para-hydroxylation sites is 1. The quantitative estimate of drug-likeness (QED) is 0.905. The van der Waals surface area contributed by atoms with E-state index in [1.165, 1.54) is 5.56 Å². The second-order valence-corrected chi connectivity index (χ2v) is 6.68. The molecule has 0 unspecified atom stereocenters. The minimum absolute atomic E-state index is 0.156. The lowest BCUT2D eigenvalue weighted by molar-refractivity contribution is -0.122. The number of hydrogen-bond donors (Lipinski definition) is 2. The van der Waals surface area contributed by atoms with E-state index in [-0.39, 0.29) is 17.9 Å². The summed E-state index contributed by atoms with van der Waals surface area (Å²) in [5.41, 5.74) is 2.34. The van der Waals surface area contributed by atoms with Crippen LogP contribution in [0.2, 0.25) is 0 Å². The van der Waals surface area contributed by atoms with Crippen LogP contribution in [-0.4, -0.2) is 24.0 Å². The van der Waals surface area contributed by atoms with Crippen LogP contribution in [0.25, 0.3) is 0 Å². The Morgan fingerprint density at radius 3 is 2.64 bits per heavy atom. The first-order valence-corrected chi connectivity index (χ1v) is 8.58. The van der Waals surface area contributed by atoms with Crippen molar-refractivity contribution < 1.29 is 14.3 Å². The van der Waals surface area contributed by atoms with Gasteiger partial charge < -0.3 is 15.4 Å². The van der Waals surface area contributed by atoms with Crippen LogP contribution < -0.4 is 15.4 Å². The molecule has 25 heavy (non-hydrogen) atoms. The van der Waals surface area contributed by atoms with E-state index in [4.69, 9.17) is 4.74 Å². The van der Waals surface area contributed by atoms with Crippen molar-refractivity contribution in [3.05, 3.63) is 59.7 Å². The second kappa shape index (κ2) is 6.24. The molecule has 1 fully saturated rings. The lowest BCUT2D eigenvalue weighted by Gasteiger charge is -2.36. The molecule has 1 atom stereocenters. The lowest BCUT2D eigenvalue weighted by atomic mass is 9.76. The average molecular weight is 336 g/mol. The van der Waals surface area contributed by atoms with Crippen molar-refractivity contribution in [2.24, 2.45) is 0 Å². The Labute approximate surface area is 146 Å². The predicted octanol–water partition coefficient (Wildman–Crippen LogP) is 3.08. The fourth-order valence-corrected chi connectivity index (χ4v) is 3.40. The Bertz CT molecular complexity index is 813. The van der Waals surface area contributed by atoms with Gasteiger partial charge in [0, 0.05) is 6.04 Å². The zero-order valence-electron chi connectivity index (χ0n) is 14.0. The Balaban J connectivity index is 1.43. The van der Waals surface area contributed by atoms with E-state index >= 15 is 0 Å². The molecule has 2 amide bonds. The van der Waals surface area contributed by atoms with Gasteiger partial charge in [-0.25, -0.2) is 0 Å². The Hall–Kier alpha value is -2.82. The van der Waals surface area contributed by atoms with Crippen molar-refractivity contribution in [3.8, 4) is 5.75 Å². The van der Waals surface area contributed by atoms with Crippen LogP contribution >= 0.6 is 0 Å². The largest absolute Gasteiger partial charge is 0.478 e. The molecule has 128 valence electrons. The summed E-state index contributed by atoms with van der Waals surface area (Å²) in [6, 6.07) is 15.8. The fraction of sp³-hybridized carbons (Fsp3) is 0.300. The molecule has 1 saturated carbocycles. The van der Waals surface area contributed by atoms with Crippen molar-refractivity contribution >= 4 is 17.5 Å². The van der Waals surface area contributed by atoms with Gasteiger partial charge >= 0.3 is 0 Å². The normalized spacial score (nSPS) is 24.4. The van der Waals surface area contributed by atoms with Crippen LogP contribution in [0.1, 0.15) is 41.6 Å². The molecule has 0 aromatic heterocycles. The standard InChI is InChI=1S/C20H20N2O3/c1-12-19(23)22-17-9-5-8-16(18(17)25-12)20(24)21-15-10-14(11-15)13-6-3-2-4-7-13/h2-9,12,14-15H,10-11H2,1H3,(H,21,24)(H,22,23)/t12-,14?,15?/m1/s1. The maximum Gasteiger partial charge on any atom is 0.265 e. The number of amides is 2. The highest BCUT2D eigenvalue weighted by Gasteiger charge is 2.33. The van der Waals surface area contributed by atoms with E-state index in [0.717, 1.165) is 12.8 Å². The highest BCUT2D eigenvalue weighted by molar-refractivity contribution is 6.04. The molecule has 2 aliphatic rings. The smallest absolute Gasteiger partial charge is 0.265 e. The molecule has 0 saturated heterocycles. The fourth-order valence-electron chi connectivity index (χ4n) is 3.40. The number of hydrogen-bond acceptors (Lipinski definition) is 3. The van der Waals surface area contributed by atoms with Gasteiger partial charge in [-0.15, -0.1) is 0 Å². The van der Waals surface area contributed by atoms with Crippen LogP contribution in [0.5, 0.6) is 5.75 Å². The minimum Gasteiger partial charge on any atom is -0.478 e. The SMILES string of the molecule is C[C@H]1Oc2c(cccc2C(=O)NC2CC(c3ccccc3)C2)NC1=O. The first kappa shape index (κ1) is 15.7. The van der Waals surface area contributed by atoms with Crippen molar-refractivity contribution in [3.63, 3.8) is 0 Å². The van der Waals surface area contributed by atoms with Gasteiger partial charge in [0.15, 0.2) is 11.9 Å². The van der Waals surface area contributed by atoms with Gasteiger partial charge in [0.25, 0.3) is 11.8 Å². The molecule has 1 aliphatic heterocycles. The molecule has 2 aromatic carbocycles. The molecule has 2 aromatic rings. The van der Waals surface area contributed by atoms with Gasteiger partial charge in [0.1, 0.15) is 0 Å². The summed E-state index contributed by atoms with van der Waals surface area (Å²) >= 11 is 0. The Morgan fingerprint density at radius 1 is 1.12 bits per heavy atom. The summed E-state index contributed by atoms with van der Waals surface area (Å²) in [6.45, 7) is 1.67. The summed E-state index contributed by atoms with van der Waals surface area (Å²) in [6.07, 6.45) is 1.28. The number of carbonyl (C=O) groups excluding carboxylic acids is 2. The predicted molar refractivity (Wildman–Crippen MR) is 94.8 cm³/mol. The van der Waals surface area contributed by atoms with Crippen LogP contribution in [0.4, 0.5) is 5.69 Å². The van der Waals surface area contributed by atoms with Gasteiger partial charge in [-0.3, -0.25) is 9.59 Å². The van der Waals surface area contributed by atoms with E-state index in [0.29, 0.717) is 22.9 Å². The average Bonchev–Trinajstić information content (AvgIpc) is 2.59. The summed E-state index contributed by atoms with van der Waals surface area (Å²) in [5, 5.41) is 5.85. The number of benzene rings is 2. The van der Waals surface area contributed by atoms with Gasteiger partial charge in [-0.2, -0.15) is 0 Å². The van der Waals surface area contributed by atoms with E-state index in [1.807, 2.05) is 18.2 Å². The van der Waals surface area contributed by atoms with E-state index in [2.05, 4.69) is 22.8 Å². The van der Waals surface area contributed by atoms with E-state index in [9.17, 15) is 9.59 Å². The highest BCUT2D eigenvalue weighted by Crippen LogP contribution is 2.38. The summed E-state index contributed by atoms with van der Waals surface area (Å²) in [5.74, 6) is 0.601. The monoisotopic (exact) mass is 336 g/mol. The van der Waals surface area contributed by atoms with Gasteiger partial charge in [0.2, 0.25) is 0 Å². The zero-order chi connectivity index (χ0) is 17.4. The third kappa shape index (κ3) is 2.97. The second-order valence-electron chi connectivity index (χ2n) is 6.68. The van der Waals surface area contributed by atoms with Crippen LogP contribution in [-0.2, 0) is 4.79 Å². The van der Waals surface area contributed by atoms with Crippen molar-refractivity contribution in [2.45, 2.75) is 37.8 Å². The van der Waals surface area contributed by atoms with Crippen molar-refractivity contribution in [1.29, 1.82) is 0 Å². The molecular formula is C20H20N2O3. The number of rotatable bonds is 3. The van der Waals surface area contributed by atoms with Crippen LogP contribution in [0.15, 0.2) is 48.5 Å². The summed E-state index contributed by atoms with van der Waals surface area (Å²) in [4.78, 5) is 24.4. The first-order valence-electron chi connectivity index (χ1n) is 8.58. The topological polar surface area (TPSA) is 67.4 Å². The van der Waals surface area contributed by atoms with Crippen LogP contribution in [0, 0.1) is 0 Å². The summed E-state index contributed by atoms with van der Waals surface area (Å²) < 4.78 is 5.65. The molecule has 2 N–H and O–H groups in total. The zero-order valence-corrected chi connectivity index (χ0v) is 14.0. The maximum atomic E-state index is 12.6. The molecule has 5 heteroatoms. The number of nitrogens with one attached hydrogen (secondary N) is 2. The van der Waals surface area contributed by atoms with Crippen molar-refractivity contribution in [2.75, 3.05) is 5.32 Å². The molecule has 5 nitrogen and oxygen atoms in total. The molecule has 0 spiro atoms. The van der Waals surface area contributed by atoms with Gasteiger partial charge in [-0.1, -0.05) is 36.4 Å². The number of ether oxygens (including phenoxy) is 1. The molecule has 1 heterocycles. The number of carbonyl (C=O) groups is 2. The van der Waals surface area contributed by atoms with Gasteiger partial charge in [-0.05, 0) is 43.4 Å². The molecule has 0 bridgehead atoms. The number of fused-ring (bicyclic) bond motifs is 1. The minimum atomic E-state index is -0.604. The third-order valence-corrected chi connectivity index (χ3v) is 4.93. The molecule has 1 aliphatic carbocycles. The molecule has 4 rings (SSSR count).